The lowest BCUT2D eigenvalue weighted by molar-refractivity contribution is 0.833. The Morgan fingerprint density at radius 2 is 2.13 bits per heavy atom. The van der Waals surface area contributed by atoms with Crippen molar-refractivity contribution >= 4 is 11.6 Å². The zero-order chi connectivity index (χ0) is 10.8. The van der Waals surface area contributed by atoms with Gasteiger partial charge in [-0.1, -0.05) is 6.92 Å². The minimum absolute atomic E-state index is 0.604. The summed E-state index contributed by atoms with van der Waals surface area (Å²) < 4.78 is 0. The highest BCUT2D eigenvalue weighted by atomic mass is 15.1. The van der Waals surface area contributed by atoms with E-state index >= 15 is 0 Å². The van der Waals surface area contributed by atoms with Crippen molar-refractivity contribution in [2.45, 2.75) is 45.6 Å². The van der Waals surface area contributed by atoms with Gasteiger partial charge in [-0.15, -0.1) is 0 Å². The van der Waals surface area contributed by atoms with Crippen LogP contribution >= 0.6 is 0 Å². The van der Waals surface area contributed by atoms with Crippen LogP contribution < -0.4 is 11.1 Å². The Labute approximate surface area is 90.3 Å². The predicted molar refractivity (Wildman–Crippen MR) is 61.8 cm³/mol. The molecule has 0 aliphatic heterocycles. The van der Waals surface area contributed by atoms with Gasteiger partial charge in [0.1, 0.15) is 17.5 Å². The Morgan fingerprint density at radius 1 is 1.40 bits per heavy atom. The van der Waals surface area contributed by atoms with Crippen LogP contribution in [0.2, 0.25) is 0 Å². The van der Waals surface area contributed by atoms with Crippen molar-refractivity contribution in [3.8, 4) is 0 Å². The molecule has 0 amide bonds. The van der Waals surface area contributed by atoms with Gasteiger partial charge in [-0.25, -0.2) is 9.97 Å². The SMILES string of the molecule is CCCc1nc(N)c(C)c(NC2CC2)n1. The van der Waals surface area contributed by atoms with E-state index in [1.807, 2.05) is 6.92 Å². The van der Waals surface area contributed by atoms with E-state index in [2.05, 4.69) is 22.2 Å². The molecular weight excluding hydrogens is 188 g/mol. The van der Waals surface area contributed by atoms with Crippen molar-refractivity contribution in [2.75, 3.05) is 11.1 Å². The lowest BCUT2D eigenvalue weighted by Crippen LogP contribution is -2.10. The number of hydrogen-bond donors (Lipinski definition) is 2. The van der Waals surface area contributed by atoms with E-state index < -0.39 is 0 Å². The molecule has 4 nitrogen and oxygen atoms in total. The van der Waals surface area contributed by atoms with Crippen LogP contribution in [0.5, 0.6) is 0 Å². The quantitative estimate of drug-likeness (QED) is 0.789. The molecule has 15 heavy (non-hydrogen) atoms. The van der Waals surface area contributed by atoms with Crippen LogP contribution in [-0.4, -0.2) is 16.0 Å². The van der Waals surface area contributed by atoms with E-state index in [-0.39, 0.29) is 0 Å². The normalized spacial score (nSPS) is 15.3. The van der Waals surface area contributed by atoms with E-state index in [4.69, 9.17) is 5.73 Å². The second kappa shape index (κ2) is 4.04. The minimum Gasteiger partial charge on any atom is -0.383 e. The molecule has 4 heteroatoms. The first-order chi connectivity index (χ1) is 7.20. The zero-order valence-electron chi connectivity index (χ0n) is 9.38. The van der Waals surface area contributed by atoms with E-state index in [1.165, 1.54) is 12.8 Å². The molecule has 0 spiro atoms. The molecule has 1 aromatic rings. The molecule has 0 aromatic carbocycles. The van der Waals surface area contributed by atoms with Crippen molar-refractivity contribution in [3.63, 3.8) is 0 Å². The molecule has 0 unspecified atom stereocenters. The molecule has 1 heterocycles. The lowest BCUT2D eigenvalue weighted by atomic mass is 10.2. The van der Waals surface area contributed by atoms with Gasteiger partial charge in [0.2, 0.25) is 0 Å². The monoisotopic (exact) mass is 206 g/mol. The molecule has 3 N–H and O–H groups in total. The summed E-state index contributed by atoms with van der Waals surface area (Å²) in [5, 5.41) is 3.39. The molecule has 82 valence electrons. The average molecular weight is 206 g/mol. The molecule has 1 aromatic heterocycles. The fourth-order valence-electron chi connectivity index (χ4n) is 1.48. The maximum absolute atomic E-state index is 5.86. The highest BCUT2D eigenvalue weighted by molar-refractivity contribution is 5.55. The molecule has 1 aliphatic rings. The standard InChI is InChI=1S/C11H18N4/c1-3-4-9-14-10(12)7(2)11(15-9)13-8-5-6-8/h8H,3-6H2,1-2H3,(H3,12,13,14,15). The Balaban J connectivity index is 2.24. The first kappa shape index (κ1) is 10.2. The number of nitrogens with two attached hydrogens (primary N) is 1. The molecule has 1 saturated carbocycles. The fourth-order valence-corrected chi connectivity index (χ4v) is 1.48. The van der Waals surface area contributed by atoms with Crippen LogP contribution in [0.15, 0.2) is 0 Å². The number of hydrogen-bond acceptors (Lipinski definition) is 4. The van der Waals surface area contributed by atoms with E-state index in [1.54, 1.807) is 0 Å². The molecule has 0 bridgehead atoms. The van der Waals surface area contributed by atoms with Crippen LogP contribution in [0, 0.1) is 6.92 Å². The molecule has 0 radical (unpaired) electrons. The molecule has 1 aliphatic carbocycles. The Morgan fingerprint density at radius 3 is 2.73 bits per heavy atom. The summed E-state index contributed by atoms with van der Waals surface area (Å²) in [5.74, 6) is 2.38. The predicted octanol–water partition coefficient (Wildman–Crippen LogP) is 1.89. The Hall–Kier alpha value is -1.32. The van der Waals surface area contributed by atoms with Crippen molar-refractivity contribution < 1.29 is 0 Å². The summed E-state index contributed by atoms with van der Waals surface area (Å²) in [6.07, 6.45) is 4.42. The van der Waals surface area contributed by atoms with Gasteiger partial charge < -0.3 is 11.1 Å². The van der Waals surface area contributed by atoms with Gasteiger partial charge >= 0.3 is 0 Å². The van der Waals surface area contributed by atoms with Crippen LogP contribution in [0.1, 0.15) is 37.6 Å². The molecule has 1 fully saturated rings. The molecule has 0 saturated heterocycles. The Bertz CT molecular complexity index is 358. The van der Waals surface area contributed by atoms with Gasteiger partial charge in [0.25, 0.3) is 0 Å². The van der Waals surface area contributed by atoms with Crippen LogP contribution in [-0.2, 0) is 6.42 Å². The minimum atomic E-state index is 0.604. The number of nitrogen functional groups attached to an aromatic ring is 1. The summed E-state index contributed by atoms with van der Waals surface area (Å²) in [4.78, 5) is 8.78. The number of rotatable bonds is 4. The summed E-state index contributed by atoms with van der Waals surface area (Å²) in [5.41, 5.74) is 6.83. The highest BCUT2D eigenvalue weighted by Crippen LogP contribution is 2.26. The average Bonchev–Trinajstić information content (AvgIpc) is 2.98. The van der Waals surface area contributed by atoms with Crippen molar-refractivity contribution in [1.29, 1.82) is 0 Å². The van der Waals surface area contributed by atoms with Crippen molar-refractivity contribution in [2.24, 2.45) is 0 Å². The largest absolute Gasteiger partial charge is 0.383 e. The lowest BCUT2D eigenvalue weighted by Gasteiger charge is -2.10. The van der Waals surface area contributed by atoms with Gasteiger partial charge in [0.15, 0.2) is 0 Å². The van der Waals surface area contributed by atoms with Gasteiger partial charge in [-0.2, -0.15) is 0 Å². The number of anilines is 2. The van der Waals surface area contributed by atoms with Gasteiger partial charge in [-0.05, 0) is 26.2 Å². The number of nitrogens with zero attached hydrogens (tertiary/aromatic N) is 2. The van der Waals surface area contributed by atoms with Gasteiger partial charge in [0, 0.05) is 18.0 Å². The van der Waals surface area contributed by atoms with Gasteiger partial charge in [-0.3, -0.25) is 0 Å². The van der Waals surface area contributed by atoms with E-state index in [9.17, 15) is 0 Å². The summed E-state index contributed by atoms with van der Waals surface area (Å²) >= 11 is 0. The highest BCUT2D eigenvalue weighted by Gasteiger charge is 2.22. The Kier molecular flexibility index (Phi) is 2.75. The fraction of sp³-hybridized carbons (Fsp3) is 0.636. The smallest absolute Gasteiger partial charge is 0.134 e. The molecule has 2 rings (SSSR count). The van der Waals surface area contributed by atoms with Crippen molar-refractivity contribution in [3.05, 3.63) is 11.4 Å². The first-order valence-corrected chi connectivity index (χ1v) is 5.60. The number of aromatic nitrogens is 2. The molecular formula is C11H18N4. The number of aryl methyl sites for hydroxylation is 1. The van der Waals surface area contributed by atoms with E-state index in [0.29, 0.717) is 11.9 Å². The van der Waals surface area contributed by atoms with Crippen LogP contribution in [0.4, 0.5) is 11.6 Å². The summed E-state index contributed by atoms with van der Waals surface area (Å²) in [6.45, 7) is 4.09. The third-order valence-corrected chi connectivity index (χ3v) is 2.62. The second-order valence-corrected chi connectivity index (χ2v) is 4.17. The van der Waals surface area contributed by atoms with Crippen LogP contribution in [0.3, 0.4) is 0 Å². The number of nitrogens with one attached hydrogen (secondary N) is 1. The summed E-state index contributed by atoms with van der Waals surface area (Å²) in [7, 11) is 0. The topological polar surface area (TPSA) is 63.8 Å². The van der Waals surface area contributed by atoms with Crippen LogP contribution in [0.25, 0.3) is 0 Å². The maximum atomic E-state index is 5.86. The zero-order valence-corrected chi connectivity index (χ0v) is 9.38. The first-order valence-electron chi connectivity index (χ1n) is 5.60. The molecule has 0 atom stereocenters. The van der Waals surface area contributed by atoms with E-state index in [0.717, 1.165) is 30.0 Å². The third-order valence-electron chi connectivity index (χ3n) is 2.62. The van der Waals surface area contributed by atoms with Gasteiger partial charge in [0.05, 0.1) is 0 Å². The van der Waals surface area contributed by atoms with Crippen molar-refractivity contribution in [1.82, 2.24) is 9.97 Å². The summed E-state index contributed by atoms with van der Waals surface area (Å²) in [6, 6.07) is 0.604. The second-order valence-electron chi connectivity index (χ2n) is 4.17. The third kappa shape index (κ3) is 2.37. The maximum Gasteiger partial charge on any atom is 0.134 e.